The smallest absolute Gasteiger partial charge is 0.227 e. The van der Waals surface area contributed by atoms with Crippen molar-refractivity contribution in [1.82, 2.24) is 15.3 Å². The summed E-state index contributed by atoms with van der Waals surface area (Å²) in [6, 6.07) is 14.1. The summed E-state index contributed by atoms with van der Waals surface area (Å²) in [4.78, 5) is 21.5. The molecule has 1 fully saturated rings. The zero-order chi connectivity index (χ0) is 17.8. The lowest BCUT2D eigenvalue weighted by molar-refractivity contribution is -0.123. The Kier molecular flexibility index (Phi) is 5.07. The highest BCUT2D eigenvalue weighted by atomic mass is 32.1. The van der Waals surface area contributed by atoms with Crippen LogP contribution in [0, 0.1) is 5.92 Å². The molecular formula is C21H21N3OS. The molecule has 4 rings (SSSR count). The van der Waals surface area contributed by atoms with Crippen LogP contribution in [0.15, 0.2) is 60.2 Å². The Labute approximate surface area is 157 Å². The molecule has 4 nitrogen and oxygen atoms in total. The number of benzene rings is 1. The predicted molar refractivity (Wildman–Crippen MR) is 104 cm³/mol. The summed E-state index contributed by atoms with van der Waals surface area (Å²) in [5.41, 5.74) is 3.17. The molecule has 5 heteroatoms. The molecule has 3 aromatic rings. The predicted octanol–water partition coefficient (Wildman–Crippen LogP) is 4.06. The van der Waals surface area contributed by atoms with Crippen molar-refractivity contribution in [3.63, 3.8) is 0 Å². The molecule has 1 aromatic carbocycles. The first-order valence-electron chi connectivity index (χ1n) is 8.99. The van der Waals surface area contributed by atoms with Gasteiger partial charge in [-0.2, -0.15) is 0 Å². The summed E-state index contributed by atoms with van der Waals surface area (Å²) < 4.78 is 0. The molecule has 132 valence electrons. The van der Waals surface area contributed by atoms with Gasteiger partial charge in [-0.15, -0.1) is 11.3 Å². The van der Waals surface area contributed by atoms with Crippen molar-refractivity contribution in [2.75, 3.05) is 6.54 Å². The number of aromatic nitrogens is 2. The van der Waals surface area contributed by atoms with E-state index in [1.807, 2.05) is 36.5 Å². The Hall–Kier alpha value is -2.53. The summed E-state index contributed by atoms with van der Waals surface area (Å²) in [7, 11) is 0. The van der Waals surface area contributed by atoms with E-state index in [1.54, 1.807) is 17.5 Å². The van der Waals surface area contributed by atoms with Crippen molar-refractivity contribution in [2.45, 2.75) is 25.2 Å². The van der Waals surface area contributed by atoms with E-state index in [0.717, 1.165) is 41.1 Å². The van der Waals surface area contributed by atoms with E-state index in [1.165, 1.54) is 0 Å². The number of thiazole rings is 1. The molecule has 1 aliphatic carbocycles. The van der Waals surface area contributed by atoms with Crippen LogP contribution in [0.4, 0.5) is 0 Å². The molecule has 1 aliphatic rings. The Morgan fingerprint density at radius 2 is 2.04 bits per heavy atom. The third-order valence-corrected chi connectivity index (χ3v) is 5.62. The second-order valence-electron chi connectivity index (χ2n) is 6.65. The van der Waals surface area contributed by atoms with E-state index in [0.29, 0.717) is 12.5 Å². The number of carbonyl (C=O) groups is 1. The lowest BCUT2D eigenvalue weighted by Gasteiger charge is -2.16. The number of hydrogen-bond acceptors (Lipinski definition) is 4. The minimum absolute atomic E-state index is 0.0161. The summed E-state index contributed by atoms with van der Waals surface area (Å²) >= 11 is 1.62. The van der Waals surface area contributed by atoms with Gasteiger partial charge in [0, 0.05) is 36.3 Å². The molecule has 1 atom stereocenters. The van der Waals surface area contributed by atoms with Crippen molar-refractivity contribution in [2.24, 2.45) is 5.92 Å². The highest BCUT2D eigenvalue weighted by molar-refractivity contribution is 7.13. The fourth-order valence-corrected chi connectivity index (χ4v) is 4.04. The molecule has 1 saturated carbocycles. The summed E-state index contributed by atoms with van der Waals surface area (Å²) in [6.07, 6.45) is 6.62. The van der Waals surface area contributed by atoms with Crippen molar-refractivity contribution >= 4 is 17.2 Å². The Morgan fingerprint density at radius 1 is 1.19 bits per heavy atom. The van der Waals surface area contributed by atoms with Crippen LogP contribution in [-0.2, 0) is 11.2 Å². The summed E-state index contributed by atoms with van der Waals surface area (Å²) in [5.74, 6) is 0.618. The van der Waals surface area contributed by atoms with E-state index >= 15 is 0 Å². The van der Waals surface area contributed by atoms with Gasteiger partial charge in [0.05, 0.1) is 11.6 Å². The zero-order valence-electron chi connectivity index (χ0n) is 14.5. The minimum Gasteiger partial charge on any atom is -0.355 e. The fraction of sp³-hybridized carbons (Fsp3) is 0.286. The molecule has 0 spiro atoms. The highest BCUT2D eigenvalue weighted by Crippen LogP contribution is 2.42. The number of nitrogens with zero attached hydrogens (tertiary/aromatic N) is 2. The normalized spacial score (nSPS) is 14.8. The van der Waals surface area contributed by atoms with Gasteiger partial charge in [-0.25, -0.2) is 4.98 Å². The van der Waals surface area contributed by atoms with Gasteiger partial charge in [0.15, 0.2) is 0 Å². The Bertz CT molecular complexity index is 859. The lowest BCUT2D eigenvalue weighted by Crippen LogP contribution is -2.32. The van der Waals surface area contributed by atoms with Gasteiger partial charge in [-0.1, -0.05) is 30.3 Å². The van der Waals surface area contributed by atoms with Crippen LogP contribution in [0.25, 0.3) is 10.6 Å². The standard InChI is InChI=1S/C21H21N3OS/c25-20(19(16-8-9-16)15-5-2-1-3-6-15)23-12-10-18-14-26-21(24-18)17-7-4-11-22-13-17/h1-7,11,13-14,16,19H,8-10,12H2,(H,23,25). The molecule has 1 N–H and O–H groups in total. The van der Waals surface area contributed by atoms with Crippen molar-refractivity contribution in [3.05, 3.63) is 71.5 Å². The Balaban J connectivity index is 1.34. The maximum Gasteiger partial charge on any atom is 0.227 e. The first-order chi connectivity index (χ1) is 12.8. The maximum atomic E-state index is 12.7. The Morgan fingerprint density at radius 3 is 2.77 bits per heavy atom. The molecule has 0 bridgehead atoms. The molecule has 0 aliphatic heterocycles. The molecule has 2 aromatic heterocycles. The van der Waals surface area contributed by atoms with Crippen molar-refractivity contribution < 1.29 is 4.79 Å². The zero-order valence-corrected chi connectivity index (χ0v) is 15.3. The molecule has 0 saturated heterocycles. The van der Waals surface area contributed by atoms with E-state index in [2.05, 4.69) is 32.8 Å². The molecule has 0 radical (unpaired) electrons. The van der Waals surface area contributed by atoms with E-state index in [4.69, 9.17) is 0 Å². The quantitative estimate of drug-likeness (QED) is 0.689. The average molecular weight is 363 g/mol. The van der Waals surface area contributed by atoms with Crippen LogP contribution in [0.2, 0.25) is 0 Å². The number of rotatable bonds is 7. The van der Waals surface area contributed by atoms with Gasteiger partial charge >= 0.3 is 0 Å². The number of hydrogen-bond donors (Lipinski definition) is 1. The van der Waals surface area contributed by atoms with Gasteiger partial charge in [-0.3, -0.25) is 9.78 Å². The van der Waals surface area contributed by atoms with E-state index in [-0.39, 0.29) is 11.8 Å². The fourth-order valence-electron chi connectivity index (χ4n) is 3.19. The third-order valence-electron chi connectivity index (χ3n) is 4.68. The minimum atomic E-state index is -0.0161. The third kappa shape index (κ3) is 3.99. The topological polar surface area (TPSA) is 54.9 Å². The van der Waals surface area contributed by atoms with Gasteiger partial charge in [-0.05, 0) is 36.5 Å². The van der Waals surface area contributed by atoms with Gasteiger partial charge in [0.2, 0.25) is 5.91 Å². The number of carbonyl (C=O) groups excluding carboxylic acids is 1. The van der Waals surface area contributed by atoms with Crippen molar-refractivity contribution in [3.8, 4) is 10.6 Å². The van der Waals surface area contributed by atoms with Gasteiger partial charge in [0.25, 0.3) is 0 Å². The highest BCUT2D eigenvalue weighted by Gasteiger charge is 2.36. The molecular weight excluding hydrogens is 342 g/mol. The monoisotopic (exact) mass is 363 g/mol. The first kappa shape index (κ1) is 16.9. The van der Waals surface area contributed by atoms with Gasteiger partial charge < -0.3 is 5.32 Å². The van der Waals surface area contributed by atoms with Crippen LogP contribution in [0.5, 0.6) is 0 Å². The SMILES string of the molecule is O=C(NCCc1csc(-c2cccnc2)n1)C(c1ccccc1)C1CC1. The number of nitrogens with one attached hydrogen (secondary N) is 1. The average Bonchev–Trinajstić information content (AvgIpc) is 3.40. The second-order valence-corrected chi connectivity index (χ2v) is 7.51. The number of amides is 1. The first-order valence-corrected chi connectivity index (χ1v) is 9.86. The lowest BCUT2D eigenvalue weighted by atomic mass is 9.93. The molecule has 2 heterocycles. The molecule has 26 heavy (non-hydrogen) atoms. The van der Waals surface area contributed by atoms with E-state index in [9.17, 15) is 4.79 Å². The maximum absolute atomic E-state index is 12.7. The van der Waals surface area contributed by atoms with Crippen molar-refractivity contribution in [1.29, 1.82) is 0 Å². The number of pyridine rings is 1. The summed E-state index contributed by atoms with van der Waals surface area (Å²) in [5, 5.41) is 6.14. The van der Waals surface area contributed by atoms with Gasteiger partial charge in [0.1, 0.15) is 5.01 Å². The molecule has 1 unspecified atom stereocenters. The second kappa shape index (κ2) is 7.79. The van der Waals surface area contributed by atoms with Crippen LogP contribution < -0.4 is 5.32 Å². The summed E-state index contributed by atoms with van der Waals surface area (Å²) in [6.45, 7) is 0.616. The van der Waals surface area contributed by atoms with Crippen LogP contribution in [0.1, 0.15) is 30.0 Å². The van der Waals surface area contributed by atoms with Crippen LogP contribution in [-0.4, -0.2) is 22.4 Å². The van der Waals surface area contributed by atoms with Crippen LogP contribution >= 0.6 is 11.3 Å². The van der Waals surface area contributed by atoms with Crippen LogP contribution in [0.3, 0.4) is 0 Å². The molecule has 1 amide bonds. The van der Waals surface area contributed by atoms with E-state index < -0.39 is 0 Å². The largest absolute Gasteiger partial charge is 0.355 e.